The largest absolute Gasteiger partial charge is 0.424 e. The molecule has 2 rings (SSSR count). The van der Waals surface area contributed by atoms with E-state index >= 15 is 0 Å². The smallest absolute Gasteiger partial charge is 0.325 e. The summed E-state index contributed by atoms with van der Waals surface area (Å²) >= 11 is 3.16. The summed E-state index contributed by atoms with van der Waals surface area (Å²) in [7, 11) is 0. The van der Waals surface area contributed by atoms with Crippen molar-refractivity contribution in [2.75, 3.05) is 5.73 Å². The standard InChI is InChI=1S/C11H9BrN4O3/c1-6-2-3-7(16(17)18)4-8(6)19-11-14-9(12)5-10(13)15-11/h2-5H,1H3,(H2,13,14,15). The zero-order chi connectivity index (χ0) is 14.0. The molecule has 0 fully saturated rings. The summed E-state index contributed by atoms with van der Waals surface area (Å²) < 4.78 is 5.90. The molecule has 0 radical (unpaired) electrons. The third-order valence-electron chi connectivity index (χ3n) is 2.28. The highest BCUT2D eigenvalue weighted by Gasteiger charge is 2.12. The number of hydrogen-bond acceptors (Lipinski definition) is 6. The average molecular weight is 325 g/mol. The minimum Gasteiger partial charge on any atom is -0.424 e. The predicted octanol–water partition coefficient (Wildman–Crippen LogP) is 2.83. The van der Waals surface area contributed by atoms with Crippen molar-refractivity contribution in [3.63, 3.8) is 0 Å². The molecule has 98 valence electrons. The molecule has 0 amide bonds. The van der Waals surface area contributed by atoms with Crippen LogP contribution in [0.25, 0.3) is 0 Å². The Bertz CT molecular complexity index is 628. The molecule has 7 nitrogen and oxygen atoms in total. The van der Waals surface area contributed by atoms with Crippen LogP contribution >= 0.6 is 15.9 Å². The molecule has 1 aromatic heterocycles. The van der Waals surface area contributed by atoms with Gasteiger partial charge in [-0.25, -0.2) is 0 Å². The van der Waals surface area contributed by atoms with Gasteiger partial charge in [-0.2, -0.15) is 9.97 Å². The Morgan fingerprint density at radius 1 is 1.37 bits per heavy atom. The summed E-state index contributed by atoms with van der Waals surface area (Å²) in [5.74, 6) is 0.548. The maximum absolute atomic E-state index is 10.7. The van der Waals surface area contributed by atoms with Gasteiger partial charge in [0.1, 0.15) is 16.2 Å². The van der Waals surface area contributed by atoms with E-state index in [1.54, 1.807) is 13.0 Å². The maximum Gasteiger partial charge on any atom is 0.325 e. The van der Waals surface area contributed by atoms with E-state index in [1.807, 2.05) is 0 Å². The van der Waals surface area contributed by atoms with Crippen LogP contribution in [0.2, 0.25) is 0 Å². The Morgan fingerprint density at radius 3 is 2.74 bits per heavy atom. The van der Waals surface area contributed by atoms with Gasteiger partial charge >= 0.3 is 6.01 Å². The topological polar surface area (TPSA) is 104 Å². The normalized spacial score (nSPS) is 10.2. The van der Waals surface area contributed by atoms with Gasteiger partial charge in [-0.15, -0.1) is 0 Å². The molecule has 0 aliphatic carbocycles. The van der Waals surface area contributed by atoms with E-state index in [2.05, 4.69) is 25.9 Å². The van der Waals surface area contributed by atoms with Gasteiger partial charge in [0.2, 0.25) is 0 Å². The second-order valence-electron chi connectivity index (χ2n) is 3.71. The van der Waals surface area contributed by atoms with Gasteiger partial charge in [0.25, 0.3) is 5.69 Å². The zero-order valence-electron chi connectivity index (χ0n) is 9.83. The fourth-order valence-electron chi connectivity index (χ4n) is 1.37. The van der Waals surface area contributed by atoms with Crippen molar-refractivity contribution in [3.8, 4) is 11.8 Å². The summed E-state index contributed by atoms with van der Waals surface area (Å²) in [5.41, 5.74) is 6.22. The predicted molar refractivity (Wildman–Crippen MR) is 72.1 cm³/mol. The Balaban J connectivity index is 2.37. The van der Waals surface area contributed by atoms with E-state index < -0.39 is 4.92 Å². The van der Waals surface area contributed by atoms with Crippen LogP contribution < -0.4 is 10.5 Å². The van der Waals surface area contributed by atoms with Gasteiger partial charge < -0.3 is 10.5 Å². The van der Waals surface area contributed by atoms with Crippen LogP contribution in [0.3, 0.4) is 0 Å². The molecular weight excluding hydrogens is 316 g/mol. The highest BCUT2D eigenvalue weighted by molar-refractivity contribution is 9.10. The number of nitrogens with zero attached hydrogens (tertiary/aromatic N) is 3. The number of non-ortho nitro benzene ring substituents is 1. The number of aryl methyl sites for hydroxylation is 1. The van der Waals surface area contributed by atoms with Gasteiger partial charge in [0.15, 0.2) is 0 Å². The monoisotopic (exact) mass is 324 g/mol. The number of ether oxygens (including phenoxy) is 1. The Kier molecular flexibility index (Phi) is 3.61. The van der Waals surface area contributed by atoms with Crippen LogP contribution in [0.1, 0.15) is 5.56 Å². The van der Waals surface area contributed by atoms with Gasteiger partial charge in [0, 0.05) is 12.1 Å². The van der Waals surface area contributed by atoms with Crippen molar-refractivity contribution in [1.82, 2.24) is 9.97 Å². The second kappa shape index (κ2) is 5.19. The highest BCUT2D eigenvalue weighted by Crippen LogP contribution is 2.28. The lowest BCUT2D eigenvalue weighted by Gasteiger charge is -2.07. The molecule has 0 bridgehead atoms. The molecule has 1 aromatic carbocycles. The number of halogens is 1. The number of aromatic nitrogens is 2. The van der Waals surface area contributed by atoms with Gasteiger partial charge in [-0.3, -0.25) is 10.1 Å². The minimum absolute atomic E-state index is 0.0236. The van der Waals surface area contributed by atoms with Crippen molar-refractivity contribution >= 4 is 27.4 Å². The average Bonchev–Trinajstić information content (AvgIpc) is 2.30. The molecule has 0 atom stereocenters. The van der Waals surface area contributed by atoms with Crippen molar-refractivity contribution in [1.29, 1.82) is 0 Å². The molecule has 1 heterocycles. The summed E-state index contributed by atoms with van der Waals surface area (Å²) in [6.07, 6.45) is 0. The molecule has 2 aromatic rings. The number of benzene rings is 1. The van der Waals surface area contributed by atoms with E-state index in [0.717, 1.165) is 5.56 Å². The lowest BCUT2D eigenvalue weighted by Crippen LogP contribution is -1.98. The molecule has 0 aliphatic rings. The fraction of sp³-hybridized carbons (Fsp3) is 0.0909. The molecular formula is C11H9BrN4O3. The third kappa shape index (κ3) is 3.16. The van der Waals surface area contributed by atoms with E-state index in [4.69, 9.17) is 10.5 Å². The highest BCUT2D eigenvalue weighted by atomic mass is 79.9. The number of rotatable bonds is 3. The van der Waals surface area contributed by atoms with E-state index in [1.165, 1.54) is 18.2 Å². The number of anilines is 1. The first-order valence-electron chi connectivity index (χ1n) is 5.18. The minimum atomic E-state index is -0.498. The molecule has 0 unspecified atom stereocenters. The van der Waals surface area contributed by atoms with Crippen molar-refractivity contribution < 1.29 is 9.66 Å². The van der Waals surface area contributed by atoms with Crippen LogP contribution in [-0.2, 0) is 0 Å². The summed E-state index contributed by atoms with van der Waals surface area (Å²) in [4.78, 5) is 18.1. The Labute approximate surface area is 116 Å². The van der Waals surface area contributed by atoms with Gasteiger partial charge in [0.05, 0.1) is 11.0 Å². The summed E-state index contributed by atoms with van der Waals surface area (Å²) in [6, 6.07) is 5.85. The van der Waals surface area contributed by atoms with Gasteiger partial charge in [-0.1, -0.05) is 0 Å². The first-order valence-corrected chi connectivity index (χ1v) is 5.98. The third-order valence-corrected chi connectivity index (χ3v) is 2.68. The van der Waals surface area contributed by atoms with Crippen LogP contribution in [0.4, 0.5) is 11.5 Å². The van der Waals surface area contributed by atoms with E-state index in [0.29, 0.717) is 10.4 Å². The van der Waals surface area contributed by atoms with Crippen LogP contribution in [0, 0.1) is 17.0 Å². The first-order chi connectivity index (χ1) is 8.95. The van der Waals surface area contributed by atoms with Crippen molar-refractivity contribution in [2.45, 2.75) is 6.92 Å². The Hall–Kier alpha value is -2.22. The lowest BCUT2D eigenvalue weighted by atomic mass is 10.2. The van der Waals surface area contributed by atoms with Gasteiger partial charge in [-0.05, 0) is 34.5 Å². The van der Waals surface area contributed by atoms with Crippen LogP contribution in [0.15, 0.2) is 28.9 Å². The summed E-state index contributed by atoms with van der Waals surface area (Å²) in [5, 5.41) is 10.7. The molecule has 2 N–H and O–H groups in total. The van der Waals surface area contributed by atoms with E-state index in [-0.39, 0.29) is 17.5 Å². The first kappa shape index (κ1) is 13.2. The second-order valence-corrected chi connectivity index (χ2v) is 4.52. The summed E-state index contributed by atoms with van der Waals surface area (Å²) in [6.45, 7) is 1.76. The zero-order valence-corrected chi connectivity index (χ0v) is 11.4. The van der Waals surface area contributed by atoms with Crippen LogP contribution in [0.5, 0.6) is 11.8 Å². The van der Waals surface area contributed by atoms with Crippen molar-refractivity contribution in [2.24, 2.45) is 0 Å². The molecule has 0 saturated carbocycles. The molecule has 0 spiro atoms. The quantitative estimate of drug-likeness (QED) is 0.528. The van der Waals surface area contributed by atoms with Crippen molar-refractivity contribution in [3.05, 3.63) is 44.5 Å². The molecule has 19 heavy (non-hydrogen) atoms. The lowest BCUT2D eigenvalue weighted by molar-refractivity contribution is -0.384. The number of nitro groups is 1. The SMILES string of the molecule is Cc1ccc([N+](=O)[O-])cc1Oc1nc(N)cc(Br)n1. The molecule has 0 aliphatic heterocycles. The van der Waals surface area contributed by atoms with Crippen LogP contribution in [-0.4, -0.2) is 14.9 Å². The fourth-order valence-corrected chi connectivity index (χ4v) is 1.76. The Morgan fingerprint density at radius 2 is 2.11 bits per heavy atom. The number of hydrogen-bond donors (Lipinski definition) is 1. The number of nitrogens with two attached hydrogens (primary N) is 1. The maximum atomic E-state index is 10.7. The molecule has 8 heteroatoms. The molecule has 0 saturated heterocycles. The number of nitro benzene ring substituents is 1. The number of nitrogen functional groups attached to an aromatic ring is 1. The van der Waals surface area contributed by atoms with E-state index in [9.17, 15) is 10.1 Å².